The molecule has 0 radical (unpaired) electrons. The second-order valence-electron chi connectivity index (χ2n) is 8.47. The molecule has 3 aliphatic rings. The lowest BCUT2D eigenvalue weighted by molar-refractivity contribution is 0.376. The fraction of sp³-hybridized carbons (Fsp3) is 0.360. The van der Waals surface area contributed by atoms with Crippen molar-refractivity contribution in [1.82, 2.24) is 0 Å². The van der Waals surface area contributed by atoms with Gasteiger partial charge in [-0.05, 0) is 108 Å². The van der Waals surface area contributed by atoms with Gasteiger partial charge in [0.05, 0.1) is 0 Å². The van der Waals surface area contributed by atoms with Crippen molar-refractivity contribution in [3.05, 3.63) is 69.8 Å². The first-order valence-corrected chi connectivity index (χ1v) is 9.90. The predicted molar refractivity (Wildman–Crippen MR) is 106 cm³/mol. The number of hydrogen-bond acceptors (Lipinski definition) is 0. The molecule has 3 aliphatic carbocycles. The van der Waals surface area contributed by atoms with Gasteiger partial charge in [0.2, 0.25) is 0 Å². The molecular weight excluding hydrogens is 300 g/mol. The fourth-order valence-electron chi connectivity index (χ4n) is 6.50. The third-order valence-corrected chi connectivity index (χ3v) is 7.44. The molecule has 0 bridgehead atoms. The fourth-order valence-corrected chi connectivity index (χ4v) is 6.50. The van der Waals surface area contributed by atoms with E-state index in [-0.39, 0.29) is 0 Å². The van der Waals surface area contributed by atoms with Crippen LogP contribution in [0.4, 0.5) is 0 Å². The Bertz CT molecular complexity index is 1070. The lowest BCUT2D eigenvalue weighted by Gasteiger charge is -2.42. The summed E-state index contributed by atoms with van der Waals surface area (Å²) in [6, 6.07) is 14.0. The normalized spacial score (nSPS) is 22.8. The molecule has 0 fully saturated rings. The minimum atomic E-state index is 0.326. The smallest absolute Gasteiger partial charge is 0.0221 e. The lowest BCUT2D eigenvalue weighted by Crippen LogP contribution is -2.34. The summed E-state index contributed by atoms with van der Waals surface area (Å²) in [5.74, 6) is 0. The molecule has 3 aromatic rings. The zero-order valence-electron chi connectivity index (χ0n) is 15.2. The van der Waals surface area contributed by atoms with Crippen LogP contribution in [-0.4, -0.2) is 0 Å². The largest absolute Gasteiger partial charge is 0.0616 e. The molecule has 0 heterocycles. The van der Waals surface area contributed by atoms with Crippen molar-refractivity contribution >= 4 is 10.8 Å². The van der Waals surface area contributed by atoms with E-state index >= 15 is 0 Å². The molecule has 0 nitrogen and oxygen atoms in total. The van der Waals surface area contributed by atoms with Crippen LogP contribution in [0.1, 0.15) is 59.1 Å². The van der Waals surface area contributed by atoms with Crippen molar-refractivity contribution in [3.8, 4) is 11.1 Å². The Morgan fingerprint density at radius 1 is 0.760 bits per heavy atom. The molecule has 0 amide bonds. The van der Waals surface area contributed by atoms with Crippen molar-refractivity contribution in [2.45, 2.75) is 57.8 Å². The summed E-state index contributed by atoms with van der Waals surface area (Å²) in [6.07, 6.45) is 7.95. The van der Waals surface area contributed by atoms with Crippen LogP contribution in [-0.2, 0) is 18.3 Å². The van der Waals surface area contributed by atoms with Gasteiger partial charge in [0.15, 0.2) is 0 Å². The standard InChI is InChI=1S/C25H24/c1-15-11-12-21-22-20-8-4-3-7-18(20)16(2)19-10-6-14-25(24(19)22)13-5-9-17(15)23(21)25/h3-4,7-8,11-12H,5-6,9-10,13-14H2,1-2H3. The second-order valence-corrected chi connectivity index (χ2v) is 8.47. The van der Waals surface area contributed by atoms with Crippen LogP contribution >= 0.6 is 0 Å². The summed E-state index contributed by atoms with van der Waals surface area (Å²) < 4.78 is 0. The molecule has 0 aliphatic heterocycles. The highest BCUT2D eigenvalue weighted by Crippen LogP contribution is 2.62. The SMILES string of the molecule is Cc1ccc2c3c1CCCC31CCCc3c1c-2c1ccccc1c3C. The highest BCUT2D eigenvalue weighted by Gasteiger charge is 2.49. The van der Waals surface area contributed by atoms with Gasteiger partial charge >= 0.3 is 0 Å². The van der Waals surface area contributed by atoms with Gasteiger partial charge in [0.25, 0.3) is 0 Å². The summed E-state index contributed by atoms with van der Waals surface area (Å²) in [6.45, 7) is 4.69. The summed E-state index contributed by atoms with van der Waals surface area (Å²) >= 11 is 0. The van der Waals surface area contributed by atoms with Crippen molar-refractivity contribution in [1.29, 1.82) is 0 Å². The van der Waals surface area contributed by atoms with E-state index < -0.39 is 0 Å². The molecule has 124 valence electrons. The van der Waals surface area contributed by atoms with Gasteiger partial charge in [-0.15, -0.1) is 0 Å². The summed E-state index contributed by atoms with van der Waals surface area (Å²) in [7, 11) is 0. The van der Waals surface area contributed by atoms with Gasteiger partial charge in [-0.3, -0.25) is 0 Å². The molecular formula is C25H24. The first-order chi connectivity index (χ1) is 12.2. The van der Waals surface area contributed by atoms with Crippen molar-refractivity contribution in [2.24, 2.45) is 0 Å². The molecule has 6 rings (SSSR count). The molecule has 0 saturated heterocycles. The Morgan fingerprint density at radius 3 is 2.28 bits per heavy atom. The number of benzene rings is 3. The number of rotatable bonds is 0. The van der Waals surface area contributed by atoms with Crippen molar-refractivity contribution in [3.63, 3.8) is 0 Å². The first kappa shape index (κ1) is 14.1. The van der Waals surface area contributed by atoms with E-state index in [0.717, 1.165) is 0 Å². The second kappa shape index (κ2) is 4.55. The highest BCUT2D eigenvalue weighted by molar-refractivity contribution is 6.05. The summed E-state index contributed by atoms with van der Waals surface area (Å²) in [5.41, 5.74) is 13.4. The molecule has 0 N–H and O–H groups in total. The first-order valence-electron chi connectivity index (χ1n) is 9.90. The quantitative estimate of drug-likeness (QED) is 0.449. The van der Waals surface area contributed by atoms with Crippen LogP contribution in [0.3, 0.4) is 0 Å². The Labute approximate surface area is 149 Å². The number of hydrogen-bond donors (Lipinski definition) is 0. The maximum Gasteiger partial charge on any atom is 0.0221 e. The van der Waals surface area contributed by atoms with E-state index in [2.05, 4.69) is 50.2 Å². The van der Waals surface area contributed by atoms with E-state index in [4.69, 9.17) is 0 Å². The maximum absolute atomic E-state index is 2.44. The van der Waals surface area contributed by atoms with Crippen molar-refractivity contribution in [2.75, 3.05) is 0 Å². The van der Waals surface area contributed by atoms with E-state index in [0.29, 0.717) is 5.41 Å². The average molecular weight is 324 g/mol. The third-order valence-electron chi connectivity index (χ3n) is 7.44. The van der Waals surface area contributed by atoms with E-state index in [1.807, 2.05) is 0 Å². The number of fused-ring (bicyclic) bond motifs is 3. The van der Waals surface area contributed by atoms with Crippen LogP contribution in [0.25, 0.3) is 21.9 Å². The molecule has 25 heavy (non-hydrogen) atoms. The highest BCUT2D eigenvalue weighted by atomic mass is 14.5. The molecule has 1 spiro atoms. The van der Waals surface area contributed by atoms with E-state index in [1.165, 1.54) is 54.9 Å². The van der Waals surface area contributed by atoms with Gasteiger partial charge in [0.1, 0.15) is 0 Å². The molecule has 1 atom stereocenters. The third kappa shape index (κ3) is 1.51. The van der Waals surface area contributed by atoms with Crippen LogP contribution < -0.4 is 0 Å². The molecule has 0 saturated carbocycles. The van der Waals surface area contributed by atoms with Crippen LogP contribution in [0, 0.1) is 13.8 Å². The molecule has 3 aromatic carbocycles. The zero-order chi connectivity index (χ0) is 16.8. The number of aryl methyl sites for hydroxylation is 2. The molecule has 1 unspecified atom stereocenters. The Morgan fingerprint density at radius 2 is 1.48 bits per heavy atom. The van der Waals surface area contributed by atoms with Gasteiger partial charge < -0.3 is 0 Å². The summed E-state index contributed by atoms with van der Waals surface area (Å²) in [5, 5.41) is 2.96. The van der Waals surface area contributed by atoms with Crippen LogP contribution in [0.2, 0.25) is 0 Å². The molecule has 0 heteroatoms. The van der Waals surface area contributed by atoms with Crippen molar-refractivity contribution < 1.29 is 0 Å². The predicted octanol–water partition coefficient (Wildman–Crippen LogP) is 6.40. The Hall–Kier alpha value is -2.08. The maximum atomic E-state index is 2.44. The summed E-state index contributed by atoms with van der Waals surface area (Å²) in [4.78, 5) is 0. The van der Waals surface area contributed by atoms with Gasteiger partial charge in [-0.1, -0.05) is 36.4 Å². The topological polar surface area (TPSA) is 0 Å². The lowest BCUT2D eigenvalue weighted by atomic mass is 9.61. The van der Waals surface area contributed by atoms with Gasteiger partial charge in [-0.25, -0.2) is 0 Å². The zero-order valence-corrected chi connectivity index (χ0v) is 15.2. The van der Waals surface area contributed by atoms with Gasteiger partial charge in [-0.2, -0.15) is 0 Å². The minimum Gasteiger partial charge on any atom is -0.0616 e. The average Bonchev–Trinajstić information content (AvgIpc) is 2.95. The van der Waals surface area contributed by atoms with Crippen LogP contribution in [0.15, 0.2) is 36.4 Å². The van der Waals surface area contributed by atoms with Crippen LogP contribution in [0.5, 0.6) is 0 Å². The Kier molecular flexibility index (Phi) is 2.57. The minimum absolute atomic E-state index is 0.326. The monoisotopic (exact) mass is 324 g/mol. The Balaban J connectivity index is 1.89. The van der Waals surface area contributed by atoms with Gasteiger partial charge in [0, 0.05) is 5.41 Å². The van der Waals surface area contributed by atoms with E-state index in [1.54, 1.807) is 38.9 Å². The molecule has 0 aromatic heterocycles. The van der Waals surface area contributed by atoms with E-state index in [9.17, 15) is 0 Å².